The van der Waals surface area contributed by atoms with E-state index in [1.165, 1.54) is 16.7 Å². The lowest BCUT2D eigenvalue weighted by atomic mass is 10.1. The zero-order valence-corrected chi connectivity index (χ0v) is 12.7. The predicted molar refractivity (Wildman–Crippen MR) is 80.1 cm³/mol. The number of rotatable bonds is 5. The van der Waals surface area contributed by atoms with Crippen LogP contribution in [0.2, 0.25) is 0 Å². The zero-order chi connectivity index (χ0) is 16.4. The van der Waals surface area contributed by atoms with Gasteiger partial charge in [0.2, 0.25) is 0 Å². The first-order valence-corrected chi connectivity index (χ1v) is 7.56. The summed E-state index contributed by atoms with van der Waals surface area (Å²) >= 11 is 5.60. The number of hydrogen-bond donors (Lipinski definition) is 0. The average molecular weight is 343 g/mol. The van der Waals surface area contributed by atoms with Crippen LogP contribution in [0.15, 0.2) is 35.3 Å². The Morgan fingerprint density at radius 1 is 1.22 bits per heavy atom. The van der Waals surface area contributed by atoms with Gasteiger partial charge in [0.1, 0.15) is 0 Å². The Kier molecular flexibility index (Phi) is 4.21. The van der Waals surface area contributed by atoms with Crippen LogP contribution in [-0.2, 0) is 6.54 Å². The molecule has 1 aliphatic heterocycles. The van der Waals surface area contributed by atoms with Crippen LogP contribution in [0.4, 0.5) is 8.78 Å². The monoisotopic (exact) mass is 342 g/mol. The lowest BCUT2D eigenvalue weighted by Gasteiger charge is -2.08. The number of para-hydroxylation sites is 1. The number of ether oxygens (including phenoxy) is 2. The highest BCUT2D eigenvalue weighted by Gasteiger charge is 2.44. The van der Waals surface area contributed by atoms with Crippen molar-refractivity contribution < 1.29 is 18.3 Å². The molecule has 23 heavy (non-hydrogen) atoms. The van der Waals surface area contributed by atoms with E-state index in [1.54, 1.807) is 18.3 Å². The Balaban J connectivity index is 1.91. The molecule has 5 nitrogen and oxygen atoms in total. The van der Waals surface area contributed by atoms with Gasteiger partial charge in [-0.25, -0.2) is 4.79 Å². The standard InChI is InChI=1S/C15H13ClF2N2O3/c16-7-1-2-8-20-9-6-11(19-14(20)21)10-4-3-5-12-13(10)23-15(17,18)22-12/h3-6,9H,1-2,7-8H2. The normalized spacial score (nSPS) is 14.9. The van der Waals surface area contributed by atoms with Crippen LogP contribution >= 0.6 is 11.6 Å². The Labute approximate surface area is 135 Å². The minimum Gasteiger partial charge on any atom is -0.395 e. The van der Waals surface area contributed by atoms with Gasteiger partial charge in [0.15, 0.2) is 11.5 Å². The van der Waals surface area contributed by atoms with Gasteiger partial charge in [-0.15, -0.1) is 20.4 Å². The van der Waals surface area contributed by atoms with Gasteiger partial charge in [-0.2, -0.15) is 4.98 Å². The van der Waals surface area contributed by atoms with Crippen LogP contribution in [0.1, 0.15) is 12.8 Å². The first kappa shape index (κ1) is 15.7. The molecule has 1 aromatic carbocycles. The molecule has 8 heteroatoms. The van der Waals surface area contributed by atoms with Crippen LogP contribution in [0.5, 0.6) is 11.5 Å². The van der Waals surface area contributed by atoms with Gasteiger partial charge in [0.05, 0.1) is 5.69 Å². The van der Waals surface area contributed by atoms with Gasteiger partial charge in [0, 0.05) is 24.2 Å². The summed E-state index contributed by atoms with van der Waals surface area (Å²) in [6, 6.07) is 6.03. The number of benzene rings is 1. The molecule has 0 saturated heterocycles. The Hall–Kier alpha value is -2.15. The van der Waals surface area contributed by atoms with E-state index in [-0.39, 0.29) is 22.8 Å². The molecule has 0 aliphatic carbocycles. The van der Waals surface area contributed by atoms with E-state index in [4.69, 9.17) is 11.6 Å². The first-order chi connectivity index (χ1) is 11.0. The molecule has 1 aromatic heterocycles. The van der Waals surface area contributed by atoms with Crippen LogP contribution in [0.25, 0.3) is 11.3 Å². The number of fused-ring (bicyclic) bond motifs is 1. The number of alkyl halides is 3. The minimum atomic E-state index is -3.71. The second-order valence-corrected chi connectivity index (χ2v) is 5.36. The van der Waals surface area contributed by atoms with Crippen molar-refractivity contribution in [3.63, 3.8) is 0 Å². The van der Waals surface area contributed by atoms with E-state index < -0.39 is 12.0 Å². The van der Waals surface area contributed by atoms with Gasteiger partial charge in [-0.05, 0) is 31.0 Å². The smallest absolute Gasteiger partial charge is 0.395 e. The molecule has 0 radical (unpaired) electrons. The fraction of sp³-hybridized carbons (Fsp3) is 0.333. The summed E-state index contributed by atoms with van der Waals surface area (Å²) in [7, 11) is 0. The molecule has 0 N–H and O–H groups in total. The molecule has 0 spiro atoms. The average Bonchev–Trinajstić information content (AvgIpc) is 2.82. The molecule has 122 valence electrons. The van der Waals surface area contributed by atoms with Crippen molar-refractivity contribution in [2.45, 2.75) is 25.7 Å². The van der Waals surface area contributed by atoms with Gasteiger partial charge < -0.3 is 9.47 Å². The summed E-state index contributed by atoms with van der Waals surface area (Å²) in [4.78, 5) is 16.0. The lowest BCUT2D eigenvalue weighted by molar-refractivity contribution is -0.286. The highest BCUT2D eigenvalue weighted by Crippen LogP contribution is 2.46. The number of nitrogens with zero attached hydrogens (tertiary/aromatic N) is 2. The molecule has 0 fully saturated rings. The number of aryl methyl sites for hydroxylation is 1. The Morgan fingerprint density at radius 3 is 2.78 bits per heavy atom. The molecular weight excluding hydrogens is 330 g/mol. The maximum atomic E-state index is 13.2. The quantitative estimate of drug-likeness (QED) is 0.618. The van der Waals surface area contributed by atoms with Crippen molar-refractivity contribution in [1.82, 2.24) is 9.55 Å². The lowest BCUT2D eigenvalue weighted by Crippen LogP contribution is -2.26. The molecule has 0 saturated carbocycles. The van der Waals surface area contributed by atoms with Gasteiger partial charge in [-0.1, -0.05) is 6.07 Å². The Bertz CT molecular complexity index is 780. The van der Waals surface area contributed by atoms with Crippen LogP contribution in [-0.4, -0.2) is 21.7 Å². The minimum absolute atomic E-state index is 0.0828. The van der Waals surface area contributed by atoms with E-state index in [1.807, 2.05) is 0 Å². The molecule has 3 rings (SSSR count). The predicted octanol–water partition coefficient (Wildman–Crippen LogP) is 3.25. The van der Waals surface area contributed by atoms with Crippen LogP contribution < -0.4 is 15.2 Å². The third kappa shape index (κ3) is 3.29. The van der Waals surface area contributed by atoms with E-state index in [2.05, 4.69) is 14.5 Å². The zero-order valence-electron chi connectivity index (χ0n) is 12.0. The fourth-order valence-corrected chi connectivity index (χ4v) is 2.49. The van der Waals surface area contributed by atoms with E-state index in [0.717, 1.165) is 12.8 Å². The topological polar surface area (TPSA) is 53.4 Å². The highest BCUT2D eigenvalue weighted by molar-refractivity contribution is 6.17. The van der Waals surface area contributed by atoms with Crippen molar-refractivity contribution in [3.8, 4) is 22.8 Å². The molecule has 2 aromatic rings. The second-order valence-electron chi connectivity index (χ2n) is 4.99. The SMILES string of the molecule is O=c1nc(-c2cccc3c2OC(F)(F)O3)ccn1CCCCCl. The second kappa shape index (κ2) is 6.16. The number of unbranched alkanes of at least 4 members (excludes halogenated alkanes) is 1. The number of hydrogen-bond acceptors (Lipinski definition) is 4. The molecule has 0 amide bonds. The van der Waals surface area contributed by atoms with Crippen LogP contribution in [0.3, 0.4) is 0 Å². The third-order valence-electron chi connectivity index (χ3n) is 3.36. The molecule has 2 heterocycles. The largest absolute Gasteiger partial charge is 0.586 e. The van der Waals surface area contributed by atoms with Gasteiger partial charge >= 0.3 is 12.0 Å². The van der Waals surface area contributed by atoms with E-state index >= 15 is 0 Å². The summed E-state index contributed by atoms with van der Waals surface area (Å²) in [6.45, 7) is 0.503. The number of halogens is 3. The third-order valence-corrected chi connectivity index (χ3v) is 3.63. The Morgan fingerprint density at radius 2 is 2.04 bits per heavy atom. The van der Waals surface area contributed by atoms with Crippen LogP contribution in [0, 0.1) is 0 Å². The maximum absolute atomic E-state index is 13.2. The summed E-state index contributed by atoms with van der Waals surface area (Å²) in [5, 5.41) is 0. The van der Waals surface area contributed by atoms with Crippen molar-refractivity contribution in [2.75, 3.05) is 5.88 Å². The molecule has 0 bridgehead atoms. The van der Waals surface area contributed by atoms with Crippen molar-refractivity contribution in [1.29, 1.82) is 0 Å². The van der Waals surface area contributed by atoms with Crippen molar-refractivity contribution in [3.05, 3.63) is 40.9 Å². The molecule has 0 unspecified atom stereocenters. The summed E-state index contributed by atoms with van der Waals surface area (Å²) in [6.07, 6.45) is -0.586. The van der Waals surface area contributed by atoms with Crippen molar-refractivity contribution >= 4 is 11.6 Å². The fourth-order valence-electron chi connectivity index (χ4n) is 2.30. The molecule has 0 atom stereocenters. The first-order valence-electron chi connectivity index (χ1n) is 7.03. The molecule has 1 aliphatic rings. The number of aromatic nitrogens is 2. The van der Waals surface area contributed by atoms with Crippen molar-refractivity contribution in [2.24, 2.45) is 0 Å². The van der Waals surface area contributed by atoms with Gasteiger partial charge in [0.25, 0.3) is 0 Å². The summed E-state index contributed by atoms with van der Waals surface area (Å²) < 4.78 is 36.8. The maximum Gasteiger partial charge on any atom is 0.586 e. The van der Waals surface area contributed by atoms with E-state index in [9.17, 15) is 13.6 Å². The summed E-state index contributed by atoms with van der Waals surface area (Å²) in [5.41, 5.74) is 0.0757. The van der Waals surface area contributed by atoms with Gasteiger partial charge in [-0.3, -0.25) is 4.57 Å². The van der Waals surface area contributed by atoms with E-state index in [0.29, 0.717) is 12.4 Å². The molecular formula is C15H13ClF2N2O3. The summed E-state index contributed by atoms with van der Waals surface area (Å²) in [5.74, 6) is 0.326. The highest BCUT2D eigenvalue weighted by atomic mass is 35.5.